The van der Waals surface area contributed by atoms with Gasteiger partial charge in [0.25, 0.3) is 0 Å². The molecule has 34 heavy (non-hydrogen) atoms. The first kappa shape index (κ1) is 23.7. The normalized spacial score (nSPS) is 16.9. The van der Waals surface area contributed by atoms with Gasteiger partial charge in [-0.05, 0) is 53.9 Å². The standard InChI is InChI=1S/C25H22N2O5S2/c1-27-22-13-10-18(5-3-6-20-7-4-14-26-17-20)15-23(22)34(31,32)24(25(27)28)16-19-8-11-21(12-9-19)33(2,29)30/h4,7-15,17,24H,6,16H2,1-2H3. The van der Waals surface area contributed by atoms with E-state index in [-0.39, 0.29) is 16.2 Å². The van der Waals surface area contributed by atoms with Crippen LogP contribution in [0.2, 0.25) is 0 Å². The Kier molecular flexibility index (Phi) is 6.30. The van der Waals surface area contributed by atoms with Gasteiger partial charge in [-0.1, -0.05) is 30.0 Å². The van der Waals surface area contributed by atoms with Gasteiger partial charge in [0.1, 0.15) is 5.25 Å². The fourth-order valence-electron chi connectivity index (χ4n) is 3.75. The lowest BCUT2D eigenvalue weighted by Crippen LogP contribution is -2.47. The van der Waals surface area contributed by atoms with E-state index in [2.05, 4.69) is 16.8 Å². The third-order valence-electron chi connectivity index (χ3n) is 5.63. The van der Waals surface area contributed by atoms with Crippen molar-refractivity contribution in [3.8, 4) is 11.8 Å². The minimum atomic E-state index is -3.99. The summed E-state index contributed by atoms with van der Waals surface area (Å²) in [6.07, 6.45) is 4.91. The summed E-state index contributed by atoms with van der Waals surface area (Å²) in [5.74, 6) is 5.48. The molecule has 0 radical (unpaired) electrons. The molecule has 0 saturated heterocycles. The molecule has 0 N–H and O–H groups in total. The number of nitrogens with zero attached hydrogens (tertiary/aromatic N) is 2. The molecular formula is C25H22N2O5S2. The zero-order valence-electron chi connectivity index (χ0n) is 18.6. The molecule has 0 aliphatic carbocycles. The molecule has 0 fully saturated rings. The molecule has 2 heterocycles. The van der Waals surface area contributed by atoms with E-state index in [1.54, 1.807) is 31.6 Å². The Balaban J connectivity index is 1.64. The molecule has 4 rings (SSSR count). The quantitative estimate of drug-likeness (QED) is 0.517. The first-order valence-electron chi connectivity index (χ1n) is 10.4. The number of anilines is 1. The third-order valence-corrected chi connectivity index (χ3v) is 8.81. The molecular weight excluding hydrogens is 472 g/mol. The second-order valence-corrected chi connectivity index (χ2v) is 12.2. The van der Waals surface area contributed by atoms with E-state index in [9.17, 15) is 21.6 Å². The zero-order valence-corrected chi connectivity index (χ0v) is 20.2. The zero-order chi connectivity index (χ0) is 24.5. The molecule has 1 aromatic heterocycles. The fourth-order valence-corrected chi connectivity index (χ4v) is 6.31. The molecule has 1 atom stereocenters. The van der Waals surface area contributed by atoms with Crippen molar-refractivity contribution in [2.75, 3.05) is 18.2 Å². The van der Waals surface area contributed by atoms with Gasteiger partial charge in [0.2, 0.25) is 5.91 Å². The van der Waals surface area contributed by atoms with Gasteiger partial charge in [0, 0.05) is 37.7 Å². The molecule has 1 unspecified atom stereocenters. The van der Waals surface area contributed by atoms with Crippen molar-refractivity contribution in [1.82, 2.24) is 4.98 Å². The molecule has 0 saturated carbocycles. The average Bonchev–Trinajstić information content (AvgIpc) is 2.81. The van der Waals surface area contributed by atoms with Crippen molar-refractivity contribution in [2.24, 2.45) is 0 Å². The molecule has 1 aliphatic heterocycles. The highest BCUT2D eigenvalue weighted by Gasteiger charge is 2.43. The number of hydrogen-bond acceptors (Lipinski definition) is 6. The number of hydrogen-bond donors (Lipinski definition) is 0. The fraction of sp³-hybridized carbons (Fsp3) is 0.200. The van der Waals surface area contributed by atoms with Crippen LogP contribution in [0.4, 0.5) is 5.69 Å². The maximum absolute atomic E-state index is 13.4. The minimum absolute atomic E-state index is 0.0560. The Bertz CT molecular complexity index is 1520. The van der Waals surface area contributed by atoms with Gasteiger partial charge in [0.15, 0.2) is 19.7 Å². The van der Waals surface area contributed by atoms with Gasteiger partial charge in [-0.3, -0.25) is 9.78 Å². The van der Waals surface area contributed by atoms with Crippen LogP contribution in [0.3, 0.4) is 0 Å². The van der Waals surface area contributed by atoms with Crippen LogP contribution in [-0.4, -0.2) is 46.3 Å². The van der Waals surface area contributed by atoms with Crippen molar-refractivity contribution < 1.29 is 21.6 Å². The first-order valence-corrected chi connectivity index (χ1v) is 13.8. The molecule has 0 spiro atoms. The van der Waals surface area contributed by atoms with Gasteiger partial charge in [-0.25, -0.2) is 16.8 Å². The van der Waals surface area contributed by atoms with E-state index in [0.29, 0.717) is 23.2 Å². The van der Waals surface area contributed by atoms with Crippen molar-refractivity contribution >= 4 is 31.3 Å². The summed E-state index contributed by atoms with van der Waals surface area (Å²) in [6.45, 7) is 0. The first-order chi connectivity index (χ1) is 16.1. The predicted octanol–water partition coefficient (Wildman–Crippen LogP) is 2.44. The van der Waals surface area contributed by atoms with Crippen molar-refractivity contribution in [1.29, 1.82) is 0 Å². The van der Waals surface area contributed by atoms with Gasteiger partial charge >= 0.3 is 0 Å². The predicted molar refractivity (Wildman–Crippen MR) is 129 cm³/mol. The van der Waals surface area contributed by atoms with Gasteiger partial charge < -0.3 is 4.90 Å². The second-order valence-electron chi connectivity index (χ2n) is 8.07. The third kappa shape index (κ3) is 4.74. The Hall–Kier alpha value is -3.48. The minimum Gasteiger partial charge on any atom is -0.313 e. The van der Waals surface area contributed by atoms with E-state index < -0.39 is 30.8 Å². The van der Waals surface area contributed by atoms with Crippen LogP contribution in [0.25, 0.3) is 0 Å². The van der Waals surface area contributed by atoms with Crippen LogP contribution in [0.1, 0.15) is 16.7 Å². The van der Waals surface area contributed by atoms with Crippen LogP contribution in [0.5, 0.6) is 0 Å². The van der Waals surface area contributed by atoms with E-state index >= 15 is 0 Å². The monoisotopic (exact) mass is 494 g/mol. The number of sulfone groups is 2. The van der Waals surface area contributed by atoms with E-state index in [1.807, 2.05) is 12.1 Å². The number of fused-ring (bicyclic) bond motifs is 1. The van der Waals surface area contributed by atoms with Crippen LogP contribution in [-0.2, 0) is 37.3 Å². The summed E-state index contributed by atoms with van der Waals surface area (Å²) >= 11 is 0. The average molecular weight is 495 g/mol. The SMILES string of the molecule is CN1C(=O)C(Cc2ccc(S(C)(=O)=O)cc2)S(=O)(=O)c2cc(C#CCc3cccnc3)ccc21. The van der Waals surface area contributed by atoms with E-state index in [0.717, 1.165) is 11.8 Å². The highest BCUT2D eigenvalue weighted by atomic mass is 32.2. The Labute approximate surface area is 199 Å². The second kappa shape index (κ2) is 9.05. The number of amides is 1. The summed E-state index contributed by atoms with van der Waals surface area (Å²) in [6, 6.07) is 14.4. The molecule has 2 aromatic carbocycles. The molecule has 9 heteroatoms. The number of rotatable bonds is 4. The molecule has 3 aromatic rings. The lowest BCUT2D eigenvalue weighted by atomic mass is 10.1. The summed E-state index contributed by atoms with van der Waals surface area (Å²) in [5.41, 5.74) is 2.35. The van der Waals surface area contributed by atoms with Gasteiger partial charge in [-0.15, -0.1) is 0 Å². The maximum atomic E-state index is 13.4. The highest BCUT2D eigenvalue weighted by molar-refractivity contribution is 7.93. The van der Waals surface area contributed by atoms with E-state index in [4.69, 9.17) is 0 Å². The smallest absolute Gasteiger partial charge is 0.245 e. The van der Waals surface area contributed by atoms with Crippen LogP contribution < -0.4 is 4.90 Å². The molecule has 1 aliphatic rings. The number of pyridine rings is 1. The molecule has 7 nitrogen and oxygen atoms in total. The number of carbonyl (C=O) groups excluding carboxylic acids is 1. The van der Waals surface area contributed by atoms with Crippen LogP contribution in [0, 0.1) is 11.8 Å². The molecule has 174 valence electrons. The summed E-state index contributed by atoms with van der Waals surface area (Å²) in [5, 5.41) is -1.31. The van der Waals surface area contributed by atoms with Gasteiger partial charge in [-0.2, -0.15) is 0 Å². The summed E-state index contributed by atoms with van der Waals surface area (Å²) < 4.78 is 50.2. The highest BCUT2D eigenvalue weighted by Crippen LogP contribution is 2.35. The molecule has 1 amide bonds. The van der Waals surface area contributed by atoms with Crippen LogP contribution in [0.15, 0.2) is 76.8 Å². The van der Waals surface area contributed by atoms with Crippen molar-refractivity contribution in [2.45, 2.75) is 27.9 Å². The lowest BCUT2D eigenvalue weighted by Gasteiger charge is -2.31. The number of carbonyl (C=O) groups is 1. The Morgan fingerprint density at radius 3 is 2.44 bits per heavy atom. The number of aromatic nitrogens is 1. The largest absolute Gasteiger partial charge is 0.313 e. The summed E-state index contributed by atoms with van der Waals surface area (Å²) in [4.78, 5) is 18.5. The topological polar surface area (TPSA) is 101 Å². The van der Waals surface area contributed by atoms with Crippen molar-refractivity contribution in [3.05, 3.63) is 83.7 Å². The summed E-state index contributed by atoms with van der Waals surface area (Å²) in [7, 11) is -5.82. The van der Waals surface area contributed by atoms with Gasteiger partial charge in [0.05, 0.1) is 15.5 Å². The molecule has 0 bridgehead atoms. The number of benzene rings is 2. The van der Waals surface area contributed by atoms with Crippen LogP contribution >= 0.6 is 0 Å². The Morgan fingerprint density at radius 2 is 1.79 bits per heavy atom. The maximum Gasteiger partial charge on any atom is 0.245 e. The Morgan fingerprint density at radius 1 is 1.06 bits per heavy atom. The van der Waals surface area contributed by atoms with Crippen molar-refractivity contribution in [3.63, 3.8) is 0 Å². The lowest BCUT2D eigenvalue weighted by molar-refractivity contribution is -0.118. The van der Waals surface area contributed by atoms with E-state index in [1.165, 1.54) is 35.2 Å².